The summed E-state index contributed by atoms with van der Waals surface area (Å²) in [7, 11) is -4.47. The fourth-order valence-corrected chi connectivity index (χ4v) is 5.56. The molecule has 0 saturated heterocycles. The number of aryl methyl sites for hydroxylation is 1. The third-order valence-electron chi connectivity index (χ3n) is 6.20. The molecule has 0 aliphatic heterocycles. The van der Waals surface area contributed by atoms with Gasteiger partial charge in [-0.05, 0) is 56.5 Å². The third-order valence-corrected chi connectivity index (χ3v) is 7.72. The van der Waals surface area contributed by atoms with Crippen LogP contribution in [-0.4, -0.2) is 30.2 Å². The molecule has 6 nitrogen and oxygen atoms in total. The van der Waals surface area contributed by atoms with Crippen LogP contribution in [-0.2, 0) is 10.0 Å². The van der Waals surface area contributed by atoms with Crippen molar-refractivity contribution in [3.8, 4) is 17.5 Å². The summed E-state index contributed by atoms with van der Waals surface area (Å²) in [5.74, 6) is -0.446. The van der Waals surface area contributed by atoms with Gasteiger partial charge in [0.1, 0.15) is 22.8 Å². The highest BCUT2D eigenvalue weighted by Gasteiger charge is 2.39. The number of hydrogen-bond donors (Lipinski definition) is 1. The highest BCUT2D eigenvalue weighted by molar-refractivity contribution is 7.89. The maximum absolute atomic E-state index is 14.4. The van der Waals surface area contributed by atoms with Crippen molar-refractivity contribution < 1.29 is 26.0 Å². The zero-order chi connectivity index (χ0) is 24.8. The van der Waals surface area contributed by atoms with E-state index in [2.05, 4.69) is 11.1 Å². The molecule has 2 aromatic heterocycles. The molecular weight excluding hydrogens is 472 g/mol. The van der Waals surface area contributed by atoms with E-state index >= 15 is 0 Å². The number of halogens is 4. The van der Waals surface area contributed by atoms with Crippen molar-refractivity contribution in [1.29, 1.82) is 5.26 Å². The second-order valence-corrected chi connectivity index (χ2v) is 10.2. The van der Waals surface area contributed by atoms with Gasteiger partial charge in [-0.1, -0.05) is 12.8 Å². The first-order valence-electron chi connectivity index (χ1n) is 10.7. The summed E-state index contributed by atoms with van der Waals surface area (Å²) in [6.45, 7) is 2.35. The Hall–Kier alpha value is -2.97. The lowest BCUT2D eigenvalue weighted by atomic mass is 10.1. The van der Waals surface area contributed by atoms with Crippen molar-refractivity contribution in [2.45, 2.75) is 62.7 Å². The predicted molar refractivity (Wildman–Crippen MR) is 118 cm³/mol. The van der Waals surface area contributed by atoms with Crippen LogP contribution in [0.15, 0.2) is 35.4 Å². The van der Waals surface area contributed by atoms with E-state index in [1.165, 1.54) is 12.1 Å². The molecule has 1 saturated carbocycles. The number of sulfonamides is 1. The van der Waals surface area contributed by atoms with Crippen LogP contribution in [0, 0.1) is 24.1 Å². The highest BCUT2D eigenvalue weighted by atomic mass is 32.2. The molecule has 1 atom stereocenters. The Morgan fingerprint density at radius 3 is 2.47 bits per heavy atom. The molecule has 1 aliphatic rings. The monoisotopic (exact) mass is 494 g/mol. The maximum Gasteiger partial charge on any atom is 0.404 e. The van der Waals surface area contributed by atoms with E-state index in [9.17, 15) is 31.2 Å². The number of nitrogens with zero attached hydrogens (tertiary/aromatic N) is 3. The Kier molecular flexibility index (Phi) is 6.16. The van der Waals surface area contributed by atoms with Gasteiger partial charge in [-0.3, -0.25) is 4.98 Å². The minimum atomic E-state index is -4.74. The van der Waals surface area contributed by atoms with Gasteiger partial charge in [0.15, 0.2) is 0 Å². The van der Waals surface area contributed by atoms with Gasteiger partial charge in [0.2, 0.25) is 10.0 Å². The van der Waals surface area contributed by atoms with Crippen LogP contribution in [0.5, 0.6) is 0 Å². The van der Waals surface area contributed by atoms with E-state index in [1.54, 1.807) is 17.7 Å². The maximum atomic E-state index is 14.4. The minimum absolute atomic E-state index is 0.0592. The molecule has 1 fully saturated rings. The Morgan fingerprint density at radius 2 is 1.91 bits per heavy atom. The van der Waals surface area contributed by atoms with Gasteiger partial charge >= 0.3 is 6.18 Å². The molecule has 0 spiro atoms. The fourth-order valence-electron chi connectivity index (χ4n) is 4.39. The lowest BCUT2D eigenvalue weighted by Gasteiger charge is -2.19. The Morgan fingerprint density at radius 1 is 1.24 bits per heavy atom. The van der Waals surface area contributed by atoms with E-state index in [-0.39, 0.29) is 17.3 Å². The largest absolute Gasteiger partial charge is 0.404 e. The van der Waals surface area contributed by atoms with Crippen LogP contribution in [0.25, 0.3) is 22.3 Å². The molecule has 1 aromatic carbocycles. The molecular formula is C23H22F4N4O2S. The average molecular weight is 495 g/mol. The van der Waals surface area contributed by atoms with E-state index < -0.39 is 33.0 Å². The highest BCUT2D eigenvalue weighted by Crippen LogP contribution is 2.41. The van der Waals surface area contributed by atoms with E-state index in [0.29, 0.717) is 29.1 Å². The molecule has 2 heterocycles. The van der Waals surface area contributed by atoms with Crippen LogP contribution in [0.2, 0.25) is 0 Å². The molecule has 1 N–H and O–H groups in total. The van der Waals surface area contributed by atoms with Crippen molar-refractivity contribution in [2.24, 2.45) is 0 Å². The molecule has 3 aromatic rings. The predicted octanol–water partition coefficient (Wildman–Crippen LogP) is 5.37. The van der Waals surface area contributed by atoms with E-state index in [1.807, 2.05) is 4.57 Å². The molecule has 0 amide bonds. The van der Waals surface area contributed by atoms with Gasteiger partial charge in [0.25, 0.3) is 0 Å². The van der Waals surface area contributed by atoms with Gasteiger partial charge in [-0.2, -0.15) is 23.2 Å². The average Bonchev–Trinajstić information content (AvgIpc) is 3.39. The van der Waals surface area contributed by atoms with Gasteiger partial charge in [-0.15, -0.1) is 0 Å². The molecule has 1 unspecified atom stereocenters. The molecule has 0 bridgehead atoms. The number of alkyl halides is 3. The van der Waals surface area contributed by atoms with Crippen LogP contribution >= 0.6 is 0 Å². The van der Waals surface area contributed by atoms with Crippen molar-refractivity contribution in [1.82, 2.24) is 14.3 Å². The Balaban J connectivity index is 1.84. The molecule has 11 heteroatoms. The van der Waals surface area contributed by atoms with Crippen LogP contribution in [0.1, 0.15) is 49.8 Å². The number of pyridine rings is 1. The quantitative estimate of drug-likeness (QED) is 0.484. The summed E-state index contributed by atoms with van der Waals surface area (Å²) >= 11 is 0. The normalized spacial score (nSPS) is 16.1. The van der Waals surface area contributed by atoms with Crippen molar-refractivity contribution in [3.05, 3.63) is 47.4 Å². The summed E-state index contributed by atoms with van der Waals surface area (Å²) in [4.78, 5) is 3.77. The summed E-state index contributed by atoms with van der Waals surface area (Å²) in [6.07, 6.45) is -0.0469. The third kappa shape index (κ3) is 4.28. The first kappa shape index (κ1) is 24.2. The molecule has 180 valence electrons. The number of fused-ring (bicyclic) bond motifs is 1. The number of benzene rings is 1. The number of aromatic nitrogens is 2. The first-order chi connectivity index (χ1) is 15.9. The summed E-state index contributed by atoms with van der Waals surface area (Å²) in [6, 6.07) is 5.43. The number of rotatable bonds is 5. The Labute approximate surface area is 194 Å². The van der Waals surface area contributed by atoms with Crippen LogP contribution in [0.4, 0.5) is 17.6 Å². The van der Waals surface area contributed by atoms with E-state index in [0.717, 1.165) is 37.9 Å². The van der Waals surface area contributed by atoms with Crippen LogP contribution in [0.3, 0.4) is 0 Å². The number of nitrogens with one attached hydrogen (secondary N) is 1. The second kappa shape index (κ2) is 8.67. The zero-order valence-corrected chi connectivity index (χ0v) is 19.3. The van der Waals surface area contributed by atoms with Crippen molar-refractivity contribution in [2.75, 3.05) is 0 Å². The lowest BCUT2D eigenvalue weighted by molar-refractivity contribution is -0.147. The molecule has 1 aliphatic carbocycles. The van der Waals surface area contributed by atoms with Crippen LogP contribution < -0.4 is 4.72 Å². The molecule has 0 radical (unpaired) electrons. The topological polar surface area (TPSA) is 87.8 Å². The van der Waals surface area contributed by atoms with E-state index in [4.69, 9.17) is 0 Å². The zero-order valence-electron chi connectivity index (χ0n) is 18.4. The van der Waals surface area contributed by atoms with Gasteiger partial charge < -0.3 is 4.57 Å². The van der Waals surface area contributed by atoms with Gasteiger partial charge in [0.05, 0.1) is 22.5 Å². The second-order valence-electron chi connectivity index (χ2n) is 8.53. The van der Waals surface area contributed by atoms with Crippen molar-refractivity contribution in [3.63, 3.8) is 0 Å². The lowest BCUT2D eigenvalue weighted by Crippen LogP contribution is -2.42. The summed E-state index contributed by atoms with van der Waals surface area (Å²) in [5.41, 5.74) is 2.05. The molecule has 34 heavy (non-hydrogen) atoms. The summed E-state index contributed by atoms with van der Waals surface area (Å²) < 4.78 is 81.2. The van der Waals surface area contributed by atoms with Gasteiger partial charge in [0, 0.05) is 17.6 Å². The standard InChI is InChI=1S/C23H22F4N4O2S/c1-13-9-21-17(10-19(13)24)18(11-28)22(31(21)15-5-3-4-6-15)20-8-7-16(12-29-20)34(32,33)30-14(2)23(25,26)27/h7-10,12,14-15,30H,3-6H2,1-2H3. The fraction of sp³-hybridized carbons (Fsp3) is 0.391. The number of nitriles is 1. The number of hydrogen-bond acceptors (Lipinski definition) is 4. The summed E-state index contributed by atoms with van der Waals surface area (Å²) in [5, 5.41) is 10.4. The first-order valence-corrected chi connectivity index (χ1v) is 12.2. The minimum Gasteiger partial charge on any atom is -0.335 e. The Bertz CT molecular complexity index is 1380. The SMILES string of the molecule is Cc1cc2c(cc1F)c(C#N)c(-c1ccc(S(=O)(=O)NC(C)C(F)(F)F)cn1)n2C1CCCC1. The van der Waals surface area contributed by atoms with Crippen molar-refractivity contribution >= 4 is 20.9 Å². The van der Waals surface area contributed by atoms with Gasteiger partial charge in [-0.25, -0.2) is 12.8 Å². The molecule has 4 rings (SSSR count). The smallest absolute Gasteiger partial charge is 0.335 e.